The first-order valence-corrected chi connectivity index (χ1v) is 9.11. The zero-order chi connectivity index (χ0) is 15.7. The zero-order valence-electron chi connectivity index (χ0n) is 11.7. The van der Waals surface area contributed by atoms with Crippen molar-refractivity contribution in [2.24, 2.45) is 0 Å². The van der Waals surface area contributed by atoms with E-state index in [4.69, 9.17) is 5.41 Å². The van der Waals surface area contributed by atoms with E-state index in [1.54, 1.807) is 0 Å². The van der Waals surface area contributed by atoms with Crippen LogP contribution in [0.3, 0.4) is 0 Å². The number of rotatable bonds is 3. The minimum Gasteiger partial charge on any atom is -0.297 e. The van der Waals surface area contributed by atoms with Crippen LogP contribution in [0.1, 0.15) is 28.4 Å². The number of nitrogens with zero attached hydrogens (tertiary/aromatic N) is 2. The molecule has 0 radical (unpaired) electrons. The van der Waals surface area contributed by atoms with Crippen molar-refractivity contribution in [2.75, 3.05) is 0 Å². The number of allylic oxidation sites excluding steroid dienone is 1. The summed E-state index contributed by atoms with van der Waals surface area (Å²) in [7, 11) is 0. The molecule has 1 aliphatic rings. The number of Topliss-reactive ketones (excluding diaryl/α,β-unsaturated/α-hetero) is 1. The zero-order valence-corrected chi connectivity index (χ0v) is 14.9. The van der Waals surface area contributed by atoms with Gasteiger partial charge in [0.2, 0.25) is 0 Å². The molecule has 1 fully saturated rings. The van der Waals surface area contributed by atoms with Crippen LogP contribution in [-0.2, 0) is 11.2 Å². The van der Waals surface area contributed by atoms with Gasteiger partial charge in [0.15, 0.2) is 5.78 Å². The second-order valence-corrected chi connectivity index (χ2v) is 7.80. The van der Waals surface area contributed by atoms with Crippen LogP contribution in [0.15, 0.2) is 33.6 Å². The van der Waals surface area contributed by atoms with Gasteiger partial charge in [-0.2, -0.15) is 0 Å². The number of carbonyl (C=O) groups is 1. The Kier molecular flexibility index (Phi) is 4.56. The molecule has 112 valence electrons. The first kappa shape index (κ1) is 15.6. The number of aromatic nitrogens is 2. The van der Waals surface area contributed by atoms with E-state index in [0.717, 1.165) is 21.5 Å². The largest absolute Gasteiger partial charge is 0.297 e. The fourth-order valence-corrected chi connectivity index (χ4v) is 4.27. The lowest BCUT2D eigenvalue weighted by Crippen LogP contribution is -2.11. The summed E-state index contributed by atoms with van der Waals surface area (Å²) in [5, 5.41) is 18.1. The lowest BCUT2D eigenvalue weighted by Gasteiger charge is -2.00. The van der Waals surface area contributed by atoms with Crippen LogP contribution in [0.4, 0.5) is 0 Å². The van der Waals surface area contributed by atoms with Gasteiger partial charge in [-0.25, -0.2) is 0 Å². The summed E-state index contributed by atoms with van der Waals surface area (Å²) in [6.07, 6.45) is 2.62. The second kappa shape index (κ2) is 6.44. The smallest absolute Gasteiger partial charge is 0.186 e. The molecular formula is C15H12BrN3OS2. The molecular weight excluding hydrogens is 382 g/mol. The Morgan fingerprint density at radius 3 is 2.68 bits per heavy atom. The predicted octanol–water partition coefficient (Wildman–Crippen LogP) is 4.28. The fourth-order valence-electron chi connectivity index (χ4n) is 2.05. The fraction of sp³-hybridized carbons (Fsp3) is 0.200. The average molecular weight is 394 g/mol. The van der Waals surface area contributed by atoms with Crippen molar-refractivity contribution in [1.82, 2.24) is 10.2 Å². The van der Waals surface area contributed by atoms with E-state index in [0.29, 0.717) is 15.0 Å². The summed E-state index contributed by atoms with van der Waals surface area (Å²) in [5.41, 5.74) is 0.944. The van der Waals surface area contributed by atoms with Gasteiger partial charge < -0.3 is 0 Å². The Morgan fingerprint density at radius 1 is 1.32 bits per heavy atom. The topological polar surface area (TPSA) is 66.7 Å². The van der Waals surface area contributed by atoms with Gasteiger partial charge in [0.25, 0.3) is 0 Å². The molecule has 2 heterocycles. The first-order valence-electron chi connectivity index (χ1n) is 6.68. The van der Waals surface area contributed by atoms with Crippen LogP contribution in [0.2, 0.25) is 0 Å². The van der Waals surface area contributed by atoms with Gasteiger partial charge in [-0.1, -0.05) is 46.7 Å². The van der Waals surface area contributed by atoms with E-state index in [9.17, 15) is 4.79 Å². The summed E-state index contributed by atoms with van der Waals surface area (Å²) in [6.45, 7) is 2.00. The second-order valence-electron chi connectivity index (χ2n) is 4.71. The summed E-state index contributed by atoms with van der Waals surface area (Å²) in [6, 6.07) is 7.72. The highest BCUT2D eigenvalue weighted by molar-refractivity contribution is 9.10. The van der Waals surface area contributed by atoms with Crippen molar-refractivity contribution in [3.05, 3.63) is 49.2 Å². The van der Waals surface area contributed by atoms with Crippen molar-refractivity contribution in [1.29, 1.82) is 5.41 Å². The quantitative estimate of drug-likeness (QED) is 0.790. The van der Waals surface area contributed by atoms with Crippen molar-refractivity contribution in [3.63, 3.8) is 0 Å². The number of hydrogen-bond acceptors (Lipinski definition) is 6. The maximum Gasteiger partial charge on any atom is 0.186 e. The maximum absolute atomic E-state index is 12.6. The lowest BCUT2D eigenvalue weighted by atomic mass is 10.1. The number of aryl methyl sites for hydroxylation is 1. The molecule has 0 saturated carbocycles. The summed E-state index contributed by atoms with van der Waals surface area (Å²) in [5.74, 6) is -0.638. The highest BCUT2D eigenvalue weighted by Gasteiger charge is 2.39. The molecule has 22 heavy (non-hydrogen) atoms. The average Bonchev–Trinajstić information content (AvgIpc) is 3.07. The number of halogens is 1. The van der Waals surface area contributed by atoms with E-state index in [-0.39, 0.29) is 5.78 Å². The SMILES string of the molecule is CCc1nnc([C@@H]2C(=N)S/C(=C\c3ccc(Br)cc3)C2=O)s1. The van der Waals surface area contributed by atoms with Crippen LogP contribution in [0.5, 0.6) is 0 Å². The molecule has 1 aromatic carbocycles. The van der Waals surface area contributed by atoms with Crippen LogP contribution < -0.4 is 0 Å². The maximum atomic E-state index is 12.6. The van der Waals surface area contributed by atoms with Gasteiger partial charge in [-0.15, -0.1) is 21.5 Å². The van der Waals surface area contributed by atoms with Crippen molar-refractivity contribution in [3.8, 4) is 0 Å². The molecule has 4 nitrogen and oxygen atoms in total. The summed E-state index contributed by atoms with van der Waals surface area (Å²) >= 11 is 6.02. The van der Waals surface area contributed by atoms with E-state index in [1.165, 1.54) is 23.1 Å². The van der Waals surface area contributed by atoms with Gasteiger partial charge in [0.1, 0.15) is 15.9 Å². The normalized spacial score (nSPS) is 20.1. The van der Waals surface area contributed by atoms with Crippen LogP contribution in [0.25, 0.3) is 6.08 Å². The minimum absolute atomic E-state index is 0.0586. The van der Waals surface area contributed by atoms with Gasteiger partial charge in [-0.05, 0) is 30.2 Å². The number of carbonyl (C=O) groups excluding carboxylic acids is 1. The van der Waals surface area contributed by atoms with Crippen molar-refractivity contribution < 1.29 is 4.79 Å². The number of hydrogen-bond donors (Lipinski definition) is 1. The molecule has 0 unspecified atom stereocenters. The number of thioether (sulfide) groups is 1. The Hall–Kier alpha value is -1.31. The number of ketones is 1. The molecule has 1 aromatic heterocycles. The standard InChI is InChI=1S/C15H12BrN3OS2/c1-2-11-18-19-15(22-11)12-13(20)10(21-14(12)17)7-8-3-5-9(16)6-4-8/h3-7,12,17H,2H2,1H3/b10-7-,17-14?/t12-/m0/s1. The van der Waals surface area contributed by atoms with E-state index in [1.807, 2.05) is 37.3 Å². The van der Waals surface area contributed by atoms with Gasteiger partial charge in [0.05, 0.1) is 9.95 Å². The van der Waals surface area contributed by atoms with Gasteiger partial charge in [-0.3, -0.25) is 10.2 Å². The highest BCUT2D eigenvalue weighted by atomic mass is 79.9. The van der Waals surface area contributed by atoms with Crippen LogP contribution in [0, 0.1) is 5.41 Å². The molecule has 7 heteroatoms. The van der Waals surface area contributed by atoms with E-state index < -0.39 is 5.92 Å². The molecule has 0 amide bonds. The summed E-state index contributed by atoms with van der Waals surface area (Å²) < 4.78 is 0.992. The minimum atomic E-state index is -0.579. The summed E-state index contributed by atoms with van der Waals surface area (Å²) in [4.78, 5) is 13.2. The Labute approximate surface area is 144 Å². The van der Waals surface area contributed by atoms with Crippen molar-refractivity contribution in [2.45, 2.75) is 19.3 Å². The first-order chi connectivity index (χ1) is 10.6. The van der Waals surface area contributed by atoms with Crippen molar-refractivity contribution >= 4 is 55.9 Å². The van der Waals surface area contributed by atoms with E-state index in [2.05, 4.69) is 26.1 Å². The Morgan fingerprint density at radius 2 is 2.05 bits per heavy atom. The van der Waals surface area contributed by atoms with Crippen LogP contribution >= 0.6 is 39.0 Å². The molecule has 1 aliphatic heterocycles. The monoisotopic (exact) mass is 393 g/mol. The molecule has 1 N–H and O–H groups in total. The third-order valence-corrected chi connectivity index (χ3v) is 5.84. The molecule has 3 rings (SSSR count). The Balaban J connectivity index is 1.89. The molecule has 0 aliphatic carbocycles. The number of benzene rings is 1. The third kappa shape index (κ3) is 3.06. The highest BCUT2D eigenvalue weighted by Crippen LogP contribution is 2.41. The van der Waals surface area contributed by atoms with E-state index >= 15 is 0 Å². The lowest BCUT2D eigenvalue weighted by molar-refractivity contribution is -0.114. The molecule has 1 atom stereocenters. The molecule has 0 bridgehead atoms. The number of nitrogens with one attached hydrogen (secondary N) is 1. The van der Waals surface area contributed by atoms with Gasteiger partial charge >= 0.3 is 0 Å². The molecule has 0 spiro atoms. The Bertz CT molecular complexity index is 767. The third-order valence-electron chi connectivity index (χ3n) is 3.19. The predicted molar refractivity (Wildman–Crippen MR) is 94.5 cm³/mol. The molecule has 2 aromatic rings. The van der Waals surface area contributed by atoms with Crippen LogP contribution in [-0.4, -0.2) is 21.0 Å². The molecule has 1 saturated heterocycles. The van der Waals surface area contributed by atoms with Gasteiger partial charge in [0, 0.05) is 4.47 Å².